The lowest BCUT2D eigenvalue weighted by atomic mass is 10.6. The highest BCUT2D eigenvalue weighted by atomic mass is 35.6. The summed E-state index contributed by atoms with van der Waals surface area (Å²) in [4.78, 5) is 0. The lowest BCUT2D eigenvalue weighted by molar-refractivity contribution is 0.382. The zero-order chi connectivity index (χ0) is 14.8. The third-order valence-electron chi connectivity index (χ3n) is 1.91. The molecule has 0 unspecified atom stereocenters. The first-order valence-electron chi connectivity index (χ1n) is 6.09. The van der Waals surface area contributed by atoms with Crippen LogP contribution in [0.1, 0.15) is 6.42 Å². The lowest BCUT2D eigenvalue weighted by Crippen LogP contribution is -2.52. The van der Waals surface area contributed by atoms with Crippen molar-refractivity contribution in [2.45, 2.75) is 62.1 Å². The van der Waals surface area contributed by atoms with Crippen molar-refractivity contribution in [1.82, 2.24) is 0 Å². The van der Waals surface area contributed by atoms with Gasteiger partial charge in [0.05, 0.1) is 0 Å². The second-order valence-corrected chi connectivity index (χ2v) is 22.0. The number of halogens is 3. The van der Waals surface area contributed by atoms with Crippen LogP contribution in [0, 0.1) is 0 Å². The van der Waals surface area contributed by atoms with Crippen molar-refractivity contribution in [2.75, 3.05) is 0 Å². The van der Waals surface area contributed by atoms with Crippen LogP contribution in [-0.2, 0) is 8.23 Å². The summed E-state index contributed by atoms with van der Waals surface area (Å²) in [6.07, 6.45) is 0.481. The largest absolute Gasteiger partial charge is 0.437 e. The van der Waals surface area contributed by atoms with E-state index in [1.54, 1.807) is 0 Å². The van der Waals surface area contributed by atoms with Crippen LogP contribution >= 0.6 is 34.8 Å². The number of alkyl halides is 3. The van der Waals surface area contributed by atoms with E-state index in [0.29, 0.717) is 6.42 Å². The lowest BCUT2D eigenvalue weighted by Gasteiger charge is -2.39. The molecule has 0 rings (SSSR count). The molecule has 0 atom stereocenters. The summed E-state index contributed by atoms with van der Waals surface area (Å²) < 4.78 is 11.4. The van der Waals surface area contributed by atoms with Gasteiger partial charge in [-0.25, -0.2) is 0 Å². The molecule has 18 heavy (non-hydrogen) atoms. The van der Waals surface area contributed by atoms with Crippen LogP contribution < -0.4 is 0 Å². The molecule has 0 bridgehead atoms. The van der Waals surface area contributed by atoms with E-state index in [-0.39, 0.29) is 0 Å². The van der Waals surface area contributed by atoms with Crippen molar-refractivity contribution >= 4 is 60.0 Å². The van der Waals surface area contributed by atoms with Gasteiger partial charge >= 0.3 is 8.56 Å². The minimum atomic E-state index is -2.26. The molecule has 0 aliphatic carbocycles. The smallest absolute Gasteiger partial charge is 0.314 e. The van der Waals surface area contributed by atoms with Gasteiger partial charge in [0, 0.05) is 0 Å². The van der Waals surface area contributed by atoms with Gasteiger partial charge in [-0.1, -0.05) is 34.8 Å². The minimum absolute atomic E-state index is 0.481. The Morgan fingerprint density at radius 1 is 0.778 bits per heavy atom. The average molecular weight is 368 g/mol. The Balaban J connectivity index is 4.81. The SMILES string of the molecule is C[Si](C)(C)O[Si](C)(CCC(Cl)(Cl)Cl)O[Si](C)(C)C. The van der Waals surface area contributed by atoms with E-state index in [0.717, 1.165) is 6.04 Å². The molecular formula is C10H25Cl3O2Si3. The van der Waals surface area contributed by atoms with Gasteiger partial charge in [0.1, 0.15) is 0 Å². The second-order valence-electron chi connectivity index (χ2n) is 6.68. The molecule has 0 aromatic heterocycles. The van der Waals surface area contributed by atoms with Crippen LogP contribution in [0.3, 0.4) is 0 Å². The fourth-order valence-corrected chi connectivity index (χ4v) is 15.1. The molecule has 0 radical (unpaired) electrons. The Kier molecular flexibility index (Phi) is 6.99. The molecule has 110 valence electrons. The maximum Gasteiger partial charge on any atom is 0.314 e. The molecule has 0 aliphatic heterocycles. The van der Waals surface area contributed by atoms with Crippen molar-refractivity contribution in [2.24, 2.45) is 0 Å². The topological polar surface area (TPSA) is 18.5 Å². The summed E-state index contributed by atoms with van der Waals surface area (Å²) in [6.45, 7) is 15.1. The van der Waals surface area contributed by atoms with Crippen LogP contribution in [0.15, 0.2) is 0 Å². The highest BCUT2D eigenvalue weighted by Gasteiger charge is 2.41. The first kappa shape index (κ1) is 19.4. The van der Waals surface area contributed by atoms with Gasteiger partial charge in [-0.15, -0.1) is 0 Å². The zero-order valence-corrected chi connectivity index (χ0v) is 17.6. The first-order valence-corrected chi connectivity index (χ1v) is 16.6. The van der Waals surface area contributed by atoms with Gasteiger partial charge < -0.3 is 8.23 Å². The summed E-state index contributed by atoms with van der Waals surface area (Å²) >= 11 is 17.5. The minimum Gasteiger partial charge on any atom is -0.437 e. The van der Waals surface area contributed by atoms with Crippen molar-refractivity contribution in [3.63, 3.8) is 0 Å². The fraction of sp³-hybridized carbons (Fsp3) is 1.00. The zero-order valence-electron chi connectivity index (χ0n) is 12.4. The molecule has 0 saturated heterocycles. The van der Waals surface area contributed by atoms with Gasteiger partial charge in [0.15, 0.2) is 20.4 Å². The van der Waals surface area contributed by atoms with Crippen molar-refractivity contribution in [3.8, 4) is 0 Å². The Morgan fingerprint density at radius 2 is 1.11 bits per heavy atom. The monoisotopic (exact) mass is 366 g/mol. The maximum absolute atomic E-state index is 6.31. The molecule has 0 spiro atoms. The van der Waals surface area contributed by atoms with Gasteiger partial charge in [0.2, 0.25) is 0 Å². The van der Waals surface area contributed by atoms with Crippen molar-refractivity contribution < 1.29 is 8.23 Å². The van der Waals surface area contributed by atoms with Gasteiger partial charge in [-0.2, -0.15) is 0 Å². The molecule has 0 heterocycles. The van der Waals surface area contributed by atoms with Crippen LogP contribution in [0.5, 0.6) is 0 Å². The molecule has 2 nitrogen and oxygen atoms in total. The number of hydrogen-bond acceptors (Lipinski definition) is 2. The van der Waals surface area contributed by atoms with Gasteiger partial charge in [-0.3, -0.25) is 0 Å². The molecule has 0 saturated carbocycles. The third kappa shape index (κ3) is 11.3. The normalized spacial score (nSPS) is 15.0. The van der Waals surface area contributed by atoms with E-state index in [2.05, 4.69) is 45.8 Å². The highest BCUT2D eigenvalue weighted by Crippen LogP contribution is 2.36. The van der Waals surface area contributed by atoms with E-state index in [1.807, 2.05) is 0 Å². The van der Waals surface area contributed by atoms with E-state index < -0.39 is 29.0 Å². The van der Waals surface area contributed by atoms with Crippen LogP contribution in [0.4, 0.5) is 0 Å². The van der Waals surface area contributed by atoms with Crippen LogP contribution in [-0.4, -0.2) is 29.0 Å². The predicted molar refractivity (Wildman–Crippen MR) is 90.2 cm³/mol. The van der Waals surface area contributed by atoms with E-state index >= 15 is 0 Å². The Bertz CT molecular complexity index is 253. The molecule has 0 amide bonds. The molecular weight excluding hydrogens is 343 g/mol. The summed E-state index contributed by atoms with van der Waals surface area (Å²) in [6, 6.07) is 0.720. The predicted octanol–water partition coefficient (Wildman–Crippen LogP) is 5.52. The summed E-state index contributed by atoms with van der Waals surface area (Å²) in [5, 5.41) is 0. The Hall–Kier alpha value is 1.44. The van der Waals surface area contributed by atoms with E-state index in [1.165, 1.54) is 0 Å². The third-order valence-corrected chi connectivity index (χ3v) is 12.0. The molecule has 0 aromatic carbocycles. The van der Waals surface area contributed by atoms with Gasteiger partial charge in [-0.05, 0) is 58.3 Å². The average Bonchev–Trinajstić information content (AvgIpc) is 1.91. The fourth-order valence-electron chi connectivity index (χ4n) is 1.79. The molecule has 0 aliphatic rings. The number of rotatable bonds is 6. The van der Waals surface area contributed by atoms with Crippen LogP contribution in [0.2, 0.25) is 51.9 Å². The summed E-state index contributed by atoms with van der Waals surface area (Å²) in [5.74, 6) is 0. The maximum atomic E-state index is 6.31. The van der Waals surface area contributed by atoms with Crippen LogP contribution in [0.25, 0.3) is 0 Å². The quantitative estimate of drug-likeness (QED) is 0.454. The summed E-state index contributed by atoms with van der Waals surface area (Å²) in [5.41, 5.74) is 0. The van der Waals surface area contributed by atoms with Gasteiger partial charge in [0.25, 0.3) is 0 Å². The molecule has 8 heteroatoms. The molecule has 0 fully saturated rings. The molecule has 0 aromatic rings. The Labute approximate surface area is 130 Å². The van der Waals surface area contributed by atoms with E-state index in [4.69, 9.17) is 43.0 Å². The van der Waals surface area contributed by atoms with Crippen molar-refractivity contribution in [3.05, 3.63) is 0 Å². The highest BCUT2D eigenvalue weighted by molar-refractivity contribution is 6.87. The van der Waals surface area contributed by atoms with Crippen molar-refractivity contribution in [1.29, 1.82) is 0 Å². The summed E-state index contributed by atoms with van der Waals surface area (Å²) in [7, 11) is -5.58. The van der Waals surface area contributed by atoms with E-state index in [9.17, 15) is 0 Å². The number of hydrogen-bond donors (Lipinski definition) is 0. The standard InChI is InChI=1S/C10H25Cl3O2Si3/c1-16(2,3)14-18(7,15-17(4,5)6)9-8-10(11,12)13/h8-9H2,1-7H3. The Morgan fingerprint density at radius 3 is 1.33 bits per heavy atom. The molecule has 0 N–H and O–H groups in total. The first-order chi connectivity index (χ1) is 7.62. The second kappa shape index (κ2) is 6.47.